The van der Waals surface area contributed by atoms with Gasteiger partial charge in [-0.05, 0) is 32.9 Å². The summed E-state index contributed by atoms with van der Waals surface area (Å²) in [6.07, 6.45) is -2.59. The Morgan fingerprint density at radius 3 is 2.38 bits per heavy atom. The first-order valence-corrected chi connectivity index (χ1v) is 9.13. The number of benzene rings is 1. The number of ether oxygens (including phenoxy) is 4. The Morgan fingerprint density at radius 2 is 1.75 bits per heavy atom. The van der Waals surface area contributed by atoms with E-state index in [4.69, 9.17) is 23.1 Å². The monoisotopic (exact) mass is 358 g/mol. The van der Waals surface area contributed by atoms with Crippen LogP contribution in [0.3, 0.4) is 0 Å². The standard InChI is InChI=1S/C16H22O7S/c1-10-5-7-11(8-6-10)24(17,18)23-12-9-20-15(19-4)14-13(12)21-16(2,3)22-14/h5-8,12-15H,9H2,1-4H3/t12-,13+,14+,15+/m1/s1. The number of methoxy groups -OCH3 is 1. The number of aryl methyl sites for hydroxylation is 1. The highest BCUT2D eigenvalue weighted by Gasteiger charge is 2.53. The van der Waals surface area contributed by atoms with Gasteiger partial charge in [-0.15, -0.1) is 0 Å². The quantitative estimate of drug-likeness (QED) is 0.756. The summed E-state index contributed by atoms with van der Waals surface area (Å²) in [5.74, 6) is -0.866. The van der Waals surface area contributed by atoms with E-state index in [9.17, 15) is 8.42 Å². The molecule has 0 saturated carbocycles. The van der Waals surface area contributed by atoms with Gasteiger partial charge < -0.3 is 18.9 Å². The van der Waals surface area contributed by atoms with Gasteiger partial charge in [-0.3, -0.25) is 4.18 Å². The third-order valence-electron chi connectivity index (χ3n) is 4.02. The fourth-order valence-electron chi connectivity index (χ4n) is 2.90. The molecular weight excluding hydrogens is 336 g/mol. The maximum Gasteiger partial charge on any atom is 0.297 e. The highest BCUT2D eigenvalue weighted by Crippen LogP contribution is 2.37. The number of fused-ring (bicyclic) bond motifs is 1. The highest BCUT2D eigenvalue weighted by molar-refractivity contribution is 7.86. The molecule has 2 fully saturated rings. The second kappa shape index (κ2) is 6.36. The van der Waals surface area contributed by atoms with Crippen LogP contribution in [0, 0.1) is 6.92 Å². The van der Waals surface area contributed by atoms with Crippen molar-refractivity contribution >= 4 is 10.1 Å². The number of hydrogen-bond donors (Lipinski definition) is 0. The molecule has 0 bridgehead atoms. The van der Waals surface area contributed by atoms with Crippen molar-refractivity contribution in [2.45, 2.75) is 56.1 Å². The van der Waals surface area contributed by atoms with Gasteiger partial charge in [-0.2, -0.15) is 8.42 Å². The summed E-state index contributed by atoms with van der Waals surface area (Å²) in [5.41, 5.74) is 0.965. The molecule has 0 amide bonds. The Balaban J connectivity index is 1.80. The number of hydrogen-bond acceptors (Lipinski definition) is 7. The van der Waals surface area contributed by atoms with E-state index in [0.29, 0.717) is 0 Å². The molecule has 2 heterocycles. The molecule has 3 rings (SSSR count). The lowest BCUT2D eigenvalue weighted by Crippen LogP contribution is -2.53. The maximum atomic E-state index is 12.5. The van der Waals surface area contributed by atoms with Gasteiger partial charge in [-0.25, -0.2) is 0 Å². The van der Waals surface area contributed by atoms with Gasteiger partial charge in [0.2, 0.25) is 0 Å². The van der Waals surface area contributed by atoms with E-state index < -0.39 is 40.5 Å². The minimum Gasteiger partial charge on any atom is -0.353 e. The summed E-state index contributed by atoms with van der Waals surface area (Å²) in [6.45, 7) is 5.42. The Bertz CT molecular complexity index is 683. The summed E-state index contributed by atoms with van der Waals surface area (Å²) >= 11 is 0. The molecule has 1 aromatic carbocycles. The normalized spacial score (nSPS) is 32.5. The molecule has 0 aromatic heterocycles. The first kappa shape index (κ1) is 17.8. The predicted molar refractivity (Wildman–Crippen MR) is 83.8 cm³/mol. The summed E-state index contributed by atoms with van der Waals surface area (Å²) in [4.78, 5) is 0.0942. The summed E-state index contributed by atoms with van der Waals surface area (Å²) in [5, 5.41) is 0. The topological polar surface area (TPSA) is 80.3 Å². The third-order valence-corrected chi connectivity index (χ3v) is 5.37. The van der Waals surface area contributed by atoms with Crippen molar-refractivity contribution in [3.8, 4) is 0 Å². The van der Waals surface area contributed by atoms with Crippen LogP contribution in [-0.4, -0.2) is 52.5 Å². The van der Waals surface area contributed by atoms with Crippen molar-refractivity contribution in [3.63, 3.8) is 0 Å². The largest absolute Gasteiger partial charge is 0.353 e. The second-order valence-electron chi connectivity index (χ2n) is 6.40. The Morgan fingerprint density at radius 1 is 1.12 bits per heavy atom. The molecule has 7 nitrogen and oxygen atoms in total. The summed E-state index contributed by atoms with van der Waals surface area (Å²) < 4.78 is 52.8. The van der Waals surface area contributed by atoms with Gasteiger partial charge in [0.25, 0.3) is 10.1 Å². The van der Waals surface area contributed by atoms with E-state index in [1.165, 1.54) is 19.2 Å². The second-order valence-corrected chi connectivity index (χ2v) is 7.98. The summed E-state index contributed by atoms with van der Waals surface area (Å²) in [6, 6.07) is 6.46. The Labute approximate surface area is 141 Å². The van der Waals surface area contributed by atoms with Crippen molar-refractivity contribution in [2.75, 3.05) is 13.7 Å². The van der Waals surface area contributed by atoms with Gasteiger partial charge in [0.1, 0.15) is 18.3 Å². The van der Waals surface area contributed by atoms with Crippen molar-refractivity contribution in [3.05, 3.63) is 29.8 Å². The zero-order chi connectivity index (χ0) is 17.5. The van der Waals surface area contributed by atoms with Crippen LogP contribution in [0.25, 0.3) is 0 Å². The zero-order valence-corrected chi connectivity index (χ0v) is 14.9. The first-order valence-electron chi connectivity index (χ1n) is 7.72. The van der Waals surface area contributed by atoms with Crippen LogP contribution in [0.2, 0.25) is 0 Å². The van der Waals surface area contributed by atoms with Crippen LogP contribution in [0.5, 0.6) is 0 Å². The third kappa shape index (κ3) is 3.49. The van der Waals surface area contributed by atoms with Crippen molar-refractivity contribution in [1.29, 1.82) is 0 Å². The Kier molecular flexibility index (Phi) is 4.71. The van der Waals surface area contributed by atoms with E-state index in [0.717, 1.165) is 5.56 Å². The average Bonchev–Trinajstić information content (AvgIpc) is 2.83. The highest BCUT2D eigenvalue weighted by atomic mass is 32.2. The molecule has 1 aromatic rings. The molecule has 2 aliphatic heterocycles. The van der Waals surface area contributed by atoms with E-state index in [1.807, 2.05) is 6.92 Å². The SMILES string of the molecule is CO[C@H]1OC[C@@H](OS(=O)(=O)c2ccc(C)cc2)[C@@H]2OC(C)(C)O[C@H]12. The van der Waals surface area contributed by atoms with Gasteiger partial charge >= 0.3 is 0 Å². The van der Waals surface area contributed by atoms with Gasteiger partial charge in [0.05, 0.1) is 11.5 Å². The molecule has 24 heavy (non-hydrogen) atoms. The molecule has 4 atom stereocenters. The average molecular weight is 358 g/mol. The lowest BCUT2D eigenvalue weighted by atomic mass is 10.1. The fourth-order valence-corrected chi connectivity index (χ4v) is 3.97. The molecule has 8 heteroatoms. The van der Waals surface area contributed by atoms with Crippen molar-refractivity contribution in [2.24, 2.45) is 0 Å². The minimum absolute atomic E-state index is 0.0319. The van der Waals surface area contributed by atoms with Crippen molar-refractivity contribution in [1.82, 2.24) is 0 Å². The lowest BCUT2D eigenvalue weighted by molar-refractivity contribution is -0.234. The fraction of sp³-hybridized carbons (Fsp3) is 0.625. The van der Waals surface area contributed by atoms with Crippen LogP contribution in [0.15, 0.2) is 29.2 Å². The van der Waals surface area contributed by atoms with Crippen LogP contribution in [-0.2, 0) is 33.2 Å². The summed E-state index contributed by atoms with van der Waals surface area (Å²) in [7, 11) is -2.43. The minimum atomic E-state index is -3.93. The molecule has 0 aliphatic carbocycles. The molecular formula is C16H22O7S. The zero-order valence-electron chi connectivity index (χ0n) is 14.1. The van der Waals surface area contributed by atoms with Crippen LogP contribution in [0.1, 0.15) is 19.4 Å². The molecule has 0 N–H and O–H groups in total. The van der Waals surface area contributed by atoms with Crippen LogP contribution in [0.4, 0.5) is 0 Å². The molecule has 0 radical (unpaired) electrons. The smallest absolute Gasteiger partial charge is 0.297 e. The molecule has 0 unspecified atom stereocenters. The van der Waals surface area contributed by atoms with Gasteiger partial charge in [-0.1, -0.05) is 17.7 Å². The molecule has 0 spiro atoms. The molecule has 2 aliphatic rings. The van der Waals surface area contributed by atoms with Gasteiger partial charge in [0.15, 0.2) is 12.1 Å². The lowest BCUT2D eigenvalue weighted by Gasteiger charge is -2.35. The molecule has 2 saturated heterocycles. The molecule has 134 valence electrons. The maximum absolute atomic E-state index is 12.5. The van der Waals surface area contributed by atoms with Crippen LogP contribution < -0.4 is 0 Å². The van der Waals surface area contributed by atoms with E-state index in [2.05, 4.69) is 0 Å². The van der Waals surface area contributed by atoms with Crippen LogP contribution >= 0.6 is 0 Å². The Hall–Kier alpha value is -1.03. The van der Waals surface area contributed by atoms with Crippen molar-refractivity contribution < 1.29 is 31.5 Å². The van der Waals surface area contributed by atoms with E-state index >= 15 is 0 Å². The van der Waals surface area contributed by atoms with E-state index in [1.54, 1.807) is 26.0 Å². The number of rotatable bonds is 4. The van der Waals surface area contributed by atoms with E-state index in [-0.39, 0.29) is 11.5 Å². The van der Waals surface area contributed by atoms with Gasteiger partial charge in [0, 0.05) is 7.11 Å². The first-order chi connectivity index (χ1) is 11.2. The predicted octanol–water partition coefficient (Wildman–Crippen LogP) is 1.59.